The standard InChI is InChI=1S/C10H18O4/c1-9(2,13-5)6-10(3)7(14-10)8(11)12-4/h7H,6H2,1-5H3. The maximum absolute atomic E-state index is 11.2. The molecule has 0 N–H and O–H groups in total. The number of esters is 1. The average molecular weight is 202 g/mol. The van der Waals surface area contributed by atoms with Gasteiger partial charge < -0.3 is 14.2 Å². The maximum atomic E-state index is 11.2. The smallest absolute Gasteiger partial charge is 0.338 e. The Morgan fingerprint density at radius 2 is 2.07 bits per heavy atom. The van der Waals surface area contributed by atoms with Gasteiger partial charge in [-0.1, -0.05) is 0 Å². The highest BCUT2D eigenvalue weighted by molar-refractivity contribution is 5.79. The van der Waals surface area contributed by atoms with Crippen molar-refractivity contribution in [3.05, 3.63) is 0 Å². The first-order chi connectivity index (χ1) is 6.34. The molecule has 0 radical (unpaired) electrons. The second-order valence-corrected chi connectivity index (χ2v) is 4.47. The van der Waals surface area contributed by atoms with E-state index in [2.05, 4.69) is 4.74 Å². The van der Waals surface area contributed by atoms with Crippen molar-refractivity contribution >= 4 is 5.97 Å². The molecular weight excluding hydrogens is 184 g/mol. The lowest BCUT2D eigenvalue weighted by molar-refractivity contribution is -0.142. The van der Waals surface area contributed by atoms with E-state index in [4.69, 9.17) is 9.47 Å². The fraction of sp³-hybridized carbons (Fsp3) is 0.900. The Kier molecular flexibility index (Phi) is 2.88. The zero-order valence-electron chi connectivity index (χ0n) is 9.42. The van der Waals surface area contributed by atoms with Crippen LogP contribution in [0.3, 0.4) is 0 Å². The highest BCUT2D eigenvalue weighted by atomic mass is 16.7. The Balaban J connectivity index is 2.52. The fourth-order valence-electron chi connectivity index (χ4n) is 1.69. The van der Waals surface area contributed by atoms with Crippen LogP contribution in [0, 0.1) is 0 Å². The molecule has 0 bridgehead atoms. The molecule has 0 saturated carbocycles. The van der Waals surface area contributed by atoms with E-state index < -0.39 is 11.7 Å². The van der Waals surface area contributed by atoms with Gasteiger partial charge in [-0.25, -0.2) is 4.79 Å². The summed E-state index contributed by atoms with van der Waals surface area (Å²) in [6.07, 6.45) is 0.248. The van der Waals surface area contributed by atoms with E-state index in [1.165, 1.54) is 7.11 Å². The minimum Gasteiger partial charge on any atom is -0.467 e. The Morgan fingerprint density at radius 3 is 2.50 bits per heavy atom. The second-order valence-electron chi connectivity index (χ2n) is 4.47. The van der Waals surface area contributed by atoms with Gasteiger partial charge in [0.1, 0.15) is 5.60 Å². The van der Waals surface area contributed by atoms with Crippen molar-refractivity contribution < 1.29 is 19.0 Å². The van der Waals surface area contributed by atoms with Gasteiger partial charge in [-0.2, -0.15) is 0 Å². The van der Waals surface area contributed by atoms with Crippen LogP contribution >= 0.6 is 0 Å². The fourth-order valence-corrected chi connectivity index (χ4v) is 1.69. The molecule has 2 atom stereocenters. The van der Waals surface area contributed by atoms with Gasteiger partial charge >= 0.3 is 5.97 Å². The molecule has 1 heterocycles. The van der Waals surface area contributed by atoms with E-state index in [0.29, 0.717) is 6.42 Å². The molecule has 0 aromatic heterocycles. The summed E-state index contributed by atoms with van der Waals surface area (Å²) in [5, 5.41) is 0. The van der Waals surface area contributed by atoms with Crippen molar-refractivity contribution in [2.45, 2.75) is 44.5 Å². The molecule has 14 heavy (non-hydrogen) atoms. The van der Waals surface area contributed by atoms with Crippen LogP contribution in [0.15, 0.2) is 0 Å². The van der Waals surface area contributed by atoms with Gasteiger partial charge in [-0.05, 0) is 20.8 Å². The average Bonchev–Trinajstić information content (AvgIpc) is 2.75. The minimum absolute atomic E-state index is 0.280. The van der Waals surface area contributed by atoms with Gasteiger partial charge in [0, 0.05) is 13.5 Å². The third kappa shape index (κ3) is 2.25. The zero-order valence-corrected chi connectivity index (χ0v) is 9.42. The number of epoxide rings is 1. The summed E-state index contributed by atoms with van der Waals surface area (Å²) >= 11 is 0. The van der Waals surface area contributed by atoms with Gasteiger partial charge in [-0.15, -0.1) is 0 Å². The van der Waals surface area contributed by atoms with Gasteiger partial charge in [0.05, 0.1) is 12.7 Å². The summed E-state index contributed by atoms with van der Waals surface area (Å²) in [7, 11) is 3.02. The van der Waals surface area contributed by atoms with Crippen LogP contribution in [0.4, 0.5) is 0 Å². The van der Waals surface area contributed by atoms with Crippen LogP contribution in [-0.4, -0.2) is 37.5 Å². The molecule has 1 aliphatic heterocycles. The normalized spacial score (nSPS) is 31.4. The predicted octanol–water partition coefficient (Wildman–Crippen LogP) is 1.13. The van der Waals surface area contributed by atoms with Crippen LogP contribution in [0.2, 0.25) is 0 Å². The molecule has 0 amide bonds. The lowest BCUT2D eigenvalue weighted by Crippen LogP contribution is -2.32. The van der Waals surface area contributed by atoms with Crippen molar-refractivity contribution in [2.75, 3.05) is 14.2 Å². The van der Waals surface area contributed by atoms with Gasteiger partial charge in [0.25, 0.3) is 0 Å². The van der Waals surface area contributed by atoms with E-state index in [1.54, 1.807) is 7.11 Å². The third-order valence-electron chi connectivity index (χ3n) is 2.63. The zero-order chi connectivity index (χ0) is 11.0. The summed E-state index contributed by atoms with van der Waals surface area (Å²) in [5.41, 5.74) is -0.704. The molecule has 0 spiro atoms. The molecule has 82 valence electrons. The number of methoxy groups -OCH3 is 2. The monoisotopic (exact) mass is 202 g/mol. The molecule has 4 heteroatoms. The number of hydrogen-bond acceptors (Lipinski definition) is 4. The largest absolute Gasteiger partial charge is 0.467 e. The first kappa shape index (κ1) is 11.5. The molecule has 1 rings (SSSR count). The van der Waals surface area contributed by atoms with E-state index in [1.807, 2.05) is 20.8 Å². The molecular formula is C10H18O4. The topological polar surface area (TPSA) is 48.1 Å². The number of hydrogen-bond donors (Lipinski definition) is 0. The SMILES string of the molecule is COC(=O)C1OC1(C)CC(C)(C)OC. The highest BCUT2D eigenvalue weighted by Crippen LogP contribution is 2.43. The second kappa shape index (κ2) is 3.51. The molecule has 0 aromatic rings. The van der Waals surface area contributed by atoms with E-state index in [-0.39, 0.29) is 11.6 Å². The van der Waals surface area contributed by atoms with Crippen molar-refractivity contribution in [2.24, 2.45) is 0 Å². The first-order valence-electron chi connectivity index (χ1n) is 4.65. The molecule has 1 aliphatic rings. The van der Waals surface area contributed by atoms with Gasteiger partial charge in [-0.3, -0.25) is 0 Å². The summed E-state index contributed by atoms with van der Waals surface area (Å²) in [6, 6.07) is 0. The van der Waals surface area contributed by atoms with E-state index in [0.717, 1.165) is 0 Å². The summed E-state index contributed by atoms with van der Waals surface area (Å²) in [4.78, 5) is 11.2. The van der Waals surface area contributed by atoms with Crippen molar-refractivity contribution in [1.82, 2.24) is 0 Å². The Hall–Kier alpha value is -0.610. The Labute approximate surface area is 84.5 Å². The van der Waals surface area contributed by atoms with E-state index >= 15 is 0 Å². The maximum Gasteiger partial charge on any atom is 0.338 e. The van der Waals surface area contributed by atoms with Crippen LogP contribution in [0.25, 0.3) is 0 Å². The summed E-state index contributed by atoms with van der Waals surface area (Å²) in [6.45, 7) is 5.83. The lowest BCUT2D eigenvalue weighted by atomic mass is 9.92. The number of carbonyl (C=O) groups is 1. The number of rotatable bonds is 4. The number of ether oxygens (including phenoxy) is 3. The first-order valence-corrected chi connectivity index (χ1v) is 4.65. The molecule has 4 nitrogen and oxygen atoms in total. The van der Waals surface area contributed by atoms with Crippen molar-refractivity contribution in [1.29, 1.82) is 0 Å². The van der Waals surface area contributed by atoms with Gasteiger partial charge in [0.2, 0.25) is 0 Å². The van der Waals surface area contributed by atoms with Gasteiger partial charge in [0.15, 0.2) is 6.10 Å². The molecule has 1 saturated heterocycles. The van der Waals surface area contributed by atoms with Crippen LogP contribution in [0.5, 0.6) is 0 Å². The number of carbonyl (C=O) groups excluding carboxylic acids is 1. The lowest BCUT2D eigenvalue weighted by Gasteiger charge is -2.24. The highest BCUT2D eigenvalue weighted by Gasteiger charge is 2.59. The summed E-state index contributed by atoms with van der Waals surface area (Å²) < 4.78 is 15.2. The van der Waals surface area contributed by atoms with Crippen LogP contribution in [0.1, 0.15) is 27.2 Å². The Bertz CT molecular complexity index is 236. The molecule has 0 aliphatic carbocycles. The third-order valence-corrected chi connectivity index (χ3v) is 2.63. The molecule has 1 fully saturated rings. The minimum atomic E-state index is -0.429. The van der Waals surface area contributed by atoms with Crippen molar-refractivity contribution in [3.63, 3.8) is 0 Å². The predicted molar refractivity (Wildman–Crippen MR) is 51.0 cm³/mol. The molecule has 0 aromatic carbocycles. The van der Waals surface area contributed by atoms with E-state index in [9.17, 15) is 4.79 Å². The molecule has 2 unspecified atom stereocenters. The summed E-state index contributed by atoms with van der Waals surface area (Å²) in [5.74, 6) is -0.306. The Morgan fingerprint density at radius 1 is 1.50 bits per heavy atom. The van der Waals surface area contributed by atoms with Crippen LogP contribution in [-0.2, 0) is 19.0 Å². The van der Waals surface area contributed by atoms with Crippen LogP contribution < -0.4 is 0 Å². The quantitative estimate of drug-likeness (QED) is 0.506. The van der Waals surface area contributed by atoms with Crippen molar-refractivity contribution in [3.8, 4) is 0 Å².